The molecule has 5 nitrogen and oxygen atoms in total. The molecule has 0 saturated heterocycles. The molecule has 0 aliphatic rings. The van der Waals surface area contributed by atoms with Crippen LogP contribution < -0.4 is 0 Å². The van der Waals surface area contributed by atoms with E-state index in [9.17, 15) is 9.59 Å². The number of esters is 1. The van der Waals surface area contributed by atoms with Gasteiger partial charge in [0.2, 0.25) is 0 Å². The number of carboxylic acids is 1. The second-order valence-electron chi connectivity index (χ2n) is 11.5. The molecule has 0 fully saturated rings. The Hall–Kier alpha value is -1.10. The van der Waals surface area contributed by atoms with Crippen molar-refractivity contribution in [2.45, 2.75) is 202 Å². The highest BCUT2D eigenvalue weighted by Crippen LogP contribution is 2.17. The zero-order valence-electron chi connectivity index (χ0n) is 29.1. The first kappa shape index (κ1) is 44.3. The molecule has 0 aromatic rings. The van der Waals surface area contributed by atoms with E-state index in [4.69, 9.17) is 9.84 Å². The summed E-state index contributed by atoms with van der Waals surface area (Å²) in [7, 11) is 2.23. The fraction of sp³-hybridized carbons (Fsp3) is 0.944. The lowest BCUT2D eigenvalue weighted by Gasteiger charge is -2.18. The molecule has 248 valence electrons. The van der Waals surface area contributed by atoms with Gasteiger partial charge in [0.15, 0.2) is 0 Å². The van der Waals surface area contributed by atoms with Crippen LogP contribution in [0, 0.1) is 0 Å². The molecule has 41 heavy (non-hydrogen) atoms. The second kappa shape index (κ2) is 38.9. The standard InChI is InChI=1S/C28H57NO2.C6H12O2.C2H6/c1-5-8-11-13-14-18-23-27(22-17-12-9-6-2)31-28(30)24-19-15-16-21-26-29(4)25-20-10-7-3;1-2-3-4-5-6(7)8;1-2/h27H,5-26H2,1-4H3;2-5H2,1H3,(H,7,8);1-2H3. The van der Waals surface area contributed by atoms with Crippen molar-refractivity contribution in [3.63, 3.8) is 0 Å². The number of rotatable bonds is 28. The molecular weight excluding hydrogens is 510 g/mol. The first-order valence-corrected chi connectivity index (χ1v) is 18.0. The lowest BCUT2D eigenvalue weighted by atomic mass is 10.0. The number of hydrogen-bond donors (Lipinski definition) is 1. The molecule has 0 saturated carbocycles. The van der Waals surface area contributed by atoms with E-state index in [1.54, 1.807) is 0 Å². The minimum atomic E-state index is -0.682. The smallest absolute Gasteiger partial charge is 0.306 e. The summed E-state index contributed by atoms with van der Waals surface area (Å²) in [6.45, 7) is 15.2. The van der Waals surface area contributed by atoms with Gasteiger partial charge in [0, 0.05) is 12.8 Å². The minimum absolute atomic E-state index is 0.0446. The Balaban J connectivity index is -0.00000123. The SMILES string of the molecule is CC.CCCCCC(=O)O.CCCCCCCCC(CCCCCC)OC(=O)CCCCCCN(C)CCCCC. The Kier molecular flexibility index (Phi) is 42.1. The van der Waals surface area contributed by atoms with Crippen molar-refractivity contribution < 1.29 is 19.4 Å². The Morgan fingerprint density at radius 3 is 1.46 bits per heavy atom. The highest BCUT2D eigenvalue weighted by molar-refractivity contribution is 5.69. The van der Waals surface area contributed by atoms with Gasteiger partial charge in [0.1, 0.15) is 6.10 Å². The van der Waals surface area contributed by atoms with Gasteiger partial charge in [0.25, 0.3) is 0 Å². The Labute approximate surface area is 258 Å². The average Bonchev–Trinajstić information content (AvgIpc) is 2.96. The molecule has 0 aliphatic carbocycles. The summed E-state index contributed by atoms with van der Waals surface area (Å²) in [4.78, 5) is 24.7. The van der Waals surface area contributed by atoms with Crippen LogP contribution in [0.4, 0.5) is 0 Å². The molecule has 0 heterocycles. The van der Waals surface area contributed by atoms with Gasteiger partial charge in [-0.15, -0.1) is 0 Å². The molecule has 1 unspecified atom stereocenters. The zero-order chi connectivity index (χ0) is 31.4. The van der Waals surface area contributed by atoms with Crippen LogP contribution in [-0.4, -0.2) is 48.2 Å². The van der Waals surface area contributed by atoms with E-state index in [-0.39, 0.29) is 12.1 Å². The molecule has 0 aliphatic heterocycles. The fourth-order valence-corrected chi connectivity index (χ4v) is 4.73. The van der Waals surface area contributed by atoms with Crippen LogP contribution in [0.15, 0.2) is 0 Å². The van der Waals surface area contributed by atoms with Crippen molar-refractivity contribution in [1.29, 1.82) is 0 Å². The number of carbonyl (C=O) groups excluding carboxylic acids is 1. The van der Waals surface area contributed by atoms with E-state index in [1.807, 2.05) is 13.8 Å². The quantitative estimate of drug-likeness (QED) is 0.0730. The van der Waals surface area contributed by atoms with E-state index >= 15 is 0 Å². The van der Waals surface area contributed by atoms with Crippen LogP contribution in [0.25, 0.3) is 0 Å². The maximum atomic E-state index is 12.4. The second-order valence-corrected chi connectivity index (χ2v) is 11.5. The summed E-state index contributed by atoms with van der Waals surface area (Å²) in [5.41, 5.74) is 0. The molecule has 0 radical (unpaired) electrons. The number of hydrogen-bond acceptors (Lipinski definition) is 4. The van der Waals surface area contributed by atoms with Crippen LogP contribution >= 0.6 is 0 Å². The van der Waals surface area contributed by atoms with Gasteiger partial charge in [-0.05, 0) is 71.5 Å². The summed E-state index contributed by atoms with van der Waals surface area (Å²) in [6, 6.07) is 0. The molecule has 0 aromatic heterocycles. The first-order chi connectivity index (χ1) is 19.9. The fourth-order valence-electron chi connectivity index (χ4n) is 4.73. The van der Waals surface area contributed by atoms with Crippen LogP contribution in [0.2, 0.25) is 0 Å². The van der Waals surface area contributed by atoms with Gasteiger partial charge in [0.05, 0.1) is 0 Å². The molecule has 5 heteroatoms. The van der Waals surface area contributed by atoms with Crippen molar-refractivity contribution >= 4 is 11.9 Å². The predicted octanol–water partition coefficient (Wildman–Crippen LogP) is 11.4. The van der Waals surface area contributed by atoms with Gasteiger partial charge in [-0.25, -0.2) is 0 Å². The van der Waals surface area contributed by atoms with Crippen LogP contribution in [0.5, 0.6) is 0 Å². The van der Waals surface area contributed by atoms with Gasteiger partial charge in [-0.1, -0.05) is 131 Å². The topological polar surface area (TPSA) is 66.8 Å². The number of carboxylic acid groups (broad SMARTS) is 1. The first-order valence-electron chi connectivity index (χ1n) is 18.0. The monoisotopic (exact) mass is 586 g/mol. The van der Waals surface area contributed by atoms with Crippen LogP contribution in [0.1, 0.15) is 196 Å². The highest BCUT2D eigenvalue weighted by Gasteiger charge is 2.14. The summed E-state index contributed by atoms with van der Waals surface area (Å²) >= 11 is 0. The normalized spacial score (nSPS) is 11.3. The highest BCUT2D eigenvalue weighted by atomic mass is 16.5. The molecule has 1 N–H and O–H groups in total. The third-order valence-corrected chi connectivity index (χ3v) is 7.37. The number of carbonyl (C=O) groups is 2. The number of ether oxygens (including phenoxy) is 1. The van der Waals surface area contributed by atoms with Crippen molar-refractivity contribution in [1.82, 2.24) is 4.90 Å². The Bertz CT molecular complexity index is 512. The minimum Gasteiger partial charge on any atom is -0.481 e. The number of aliphatic carboxylic acids is 1. The van der Waals surface area contributed by atoms with E-state index in [0.29, 0.717) is 12.8 Å². The lowest BCUT2D eigenvalue weighted by molar-refractivity contribution is -0.150. The predicted molar refractivity (Wildman–Crippen MR) is 180 cm³/mol. The molecule has 0 rings (SSSR count). The molecule has 0 amide bonds. The van der Waals surface area contributed by atoms with Crippen molar-refractivity contribution in [2.24, 2.45) is 0 Å². The van der Waals surface area contributed by atoms with E-state index < -0.39 is 5.97 Å². The maximum absolute atomic E-state index is 12.4. The summed E-state index contributed by atoms with van der Waals surface area (Å²) in [5, 5.41) is 8.14. The number of nitrogens with zero attached hydrogens (tertiary/aromatic N) is 1. The molecule has 0 bridgehead atoms. The van der Waals surface area contributed by atoms with Gasteiger partial charge >= 0.3 is 11.9 Å². The van der Waals surface area contributed by atoms with Crippen molar-refractivity contribution in [3.05, 3.63) is 0 Å². The molecule has 0 aromatic carbocycles. The zero-order valence-corrected chi connectivity index (χ0v) is 29.1. The van der Waals surface area contributed by atoms with E-state index in [2.05, 4.69) is 39.6 Å². The number of unbranched alkanes of at least 4 members (excludes halogenated alkanes) is 15. The van der Waals surface area contributed by atoms with Gasteiger partial charge in [-0.3, -0.25) is 9.59 Å². The van der Waals surface area contributed by atoms with Crippen molar-refractivity contribution in [2.75, 3.05) is 20.1 Å². The largest absolute Gasteiger partial charge is 0.481 e. The molecule has 1 atom stereocenters. The molecular formula is C36H75NO4. The van der Waals surface area contributed by atoms with Crippen LogP contribution in [-0.2, 0) is 14.3 Å². The Morgan fingerprint density at radius 1 is 0.561 bits per heavy atom. The van der Waals surface area contributed by atoms with Crippen LogP contribution in [0.3, 0.4) is 0 Å². The van der Waals surface area contributed by atoms with E-state index in [0.717, 1.165) is 44.9 Å². The summed E-state index contributed by atoms with van der Waals surface area (Å²) in [5.74, 6) is -0.637. The van der Waals surface area contributed by atoms with Gasteiger partial charge < -0.3 is 14.7 Å². The lowest BCUT2D eigenvalue weighted by Crippen LogP contribution is -2.20. The summed E-state index contributed by atoms with van der Waals surface area (Å²) in [6.07, 6.45) is 27.6. The van der Waals surface area contributed by atoms with Crippen molar-refractivity contribution in [3.8, 4) is 0 Å². The maximum Gasteiger partial charge on any atom is 0.306 e. The summed E-state index contributed by atoms with van der Waals surface area (Å²) < 4.78 is 5.91. The average molecular weight is 586 g/mol. The third kappa shape index (κ3) is 41.1. The molecule has 0 spiro atoms. The Morgan fingerprint density at radius 2 is 0.927 bits per heavy atom. The third-order valence-electron chi connectivity index (χ3n) is 7.37. The van der Waals surface area contributed by atoms with Gasteiger partial charge in [-0.2, -0.15) is 0 Å². The van der Waals surface area contributed by atoms with E-state index in [1.165, 1.54) is 109 Å².